The number of carbonyl (C=O) groups is 1. The summed E-state index contributed by atoms with van der Waals surface area (Å²) in [5.41, 5.74) is 1.19. The Balaban J connectivity index is 2.12. The molecule has 1 N–H and O–H groups in total. The summed E-state index contributed by atoms with van der Waals surface area (Å²) in [6.07, 6.45) is 2.08. The van der Waals surface area contributed by atoms with E-state index in [-0.39, 0.29) is 17.5 Å². The quantitative estimate of drug-likeness (QED) is 0.609. The lowest BCUT2D eigenvalue weighted by molar-refractivity contribution is -0.383. The maximum atomic E-state index is 11.8. The SMILES string of the molecule is O=C1Nc2c(cccc2[N+](=O)[O-])C1C1CC1. The van der Waals surface area contributed by atoms with Crippen molar-refractivity contribution in [2.45, 2.75) is 18.8 Å². The minimum absolute atomic E-state index is 0.00556. The van der Waals surface area contributed by atoms with E-state index in [2.05, 4.69) is 5.32 Å². The van der Waals surface area contributed by atoms with Crippen molar-refractivity contribution < 1.29 is 9.72 Å². The topological polar surface area (TPSA) is 72.2 Å². The molecule has 5 heteroatoms. The minimum atomic E-state index is -0.450. The maximum absolute atomic E-state index is 11.8. The lowest BCUT2D eigenvalue weighted by atomic mass is 9.95. The van der Waals surface area contributed by atoms with Crippen LogP contribution in [0.1, 0.15) is 24.3 Å². The molecule has 1 amide bonds. The molecule has 5 nitrogen and oxygen atoms in total. The average molecular weight is 218 g/mol. The molecule has 0 radical (unpaired) electrons. The van der Waals surface area contributed by atoms with Crippen LogP contribution in [0.25, 0.3) is 0 Å². The van der Waals surface area contributed by atoms with Crippen molar-refractivity contribution in [3.05, 3.63) is 33.9 Å². The molecule has 0 bridgehead atoms. The van der Waals surface area contributed by atoms with E-state index < -0.39 is 4.92 Å². The zero-order valence-corrected chi connectivity index (χ0v) is 8.47. The number of nitrogens with one attached hydrogen (secondary N) is 1. The zero-order chi connectivity index (χ0) is 11.3. The minimum Gasteiger partial charge on any atom is -0.320 e. The number of benzene rings is 1. The second-order valence-electron chi connectivity index (χ2n) is 4.30. The van der Waals surface area contributed by atoms with Gasteiger partial charge in [-0.2, -0.15) is 0 Å². The molecule has 82 valence electrons. The van der Waals surface area contributed by atoms with Crippen molar-refractivity contribution >= 4 is 17.3 Å². The fraction of sp³-hybridized carbons (Fsp3) is 0.364. The van der Waals surface area contributed by atoms with E-state index >= 15 is 0 Å². The summed E-state index contributed by atoms with van der Waals surface area (Å²) in [7, 11) is 0. The van der Waals surface area contributed by atoms with E-state index in [4.69, 9.17) is 0 Å². The molecule has 1 aliphatic carbocycles. The van der Waals surface area contributed by atoms with Crippen LogP contribution in [-0.2, 0) is 4.79 Å². The highest BCUT2D eigenvalue weighted by molar-refractivity contribution is 6.05. The van der Waals surface area contributed by atoms with Crippen LogP contribution in [0.3, 0.4) is 0 Å². The van der Waals surface area contributed by atoms with Gasteiger partial charge in [-0.1, -0.05) is 12.1 Å². The summed E-state index contributed by atoms with van der Waals surface area (Å²) < 4.78 is 0. The number of nitrogens with zero attached hydrogens (tertiary/aromatic N) is 1. The number of hydrogen-bond donors (Lipinski definition) is 1. The van der Waals surface area contributed by atoms with Gasteiger partial charge in [-0.05, 0) is 24.3 Å². The highest BCUT2D eigenvalue weighted by atomic mass is 16.6. The molecule has 0 aromatic heterocycles. The summed E-state index contributed by atoms with van der Waals surface area (Å²) >= 11 is 0. The molecule has 2 aliphatic rings. The molecule has 0 spiro atoms. The van der Waals surface area contributed by atoms with Gasteiger partial charge in [0.05, 0.1) is 10.8 Å². The van der Waals surface area contributed by atoms with Crippen LogP contribution in [0.15, 0.2) is 18.2 Å². The predicted molar refractivity (Wildman–Crippen MR) is 57.2 cm³/mol. The Hall–Kier alpha value is -1.91. The van der Waals surface area contributed by atoms with Gasteiger partial charge in [0.1, 0.15) is 5.69 Å². The van der Waals surface area contributed by atoms with Crippen molar-refractivity contribution in [1.29, 1.82) is 0 Å². The second kappa shape index (κ2) is 3.04. The van der Waals surface area contributed by atoms with Crippen LogP contribution >= 0.6 is 0 Å². The van der Waals surface area contributed by atoms with Crippen LogP contribution in [0.5, 0.6) is 0 Å². The van der Waals surface area contributed by atoms with E-state index in [0.29, 0.717) is 11.6 Å². The van der Waals surface area contributed by atoms with Gasteiger partial charge < -0.3 is 5.32 Å². The number of rotatable bonds is 2. The third-order valence-electron chi connectivity index (χ3n) is 3.23. The number of anilines is 1. The number of nitro benzene ring substituents is 1. The summed E-state index contributed by atoms with van der Waals surface area (Å²) in [5, 5.41) is 13.5. The monoisotopic (exact) mass is 218 g/mol. The number of nitro groups is 1. The normalized spacial score (nSPS) is 22.8. The van der Waals surface area contributed by atoms with Gasteiger partial charge in [0.25, 0.3) is 5.69 Å². The first-order valence-corrected chi connectivity index (χ1v) is 5.26. The van der Waals surface area contributed by atoms with Crippen LogP contribution in [-0.4, -0.2) is 10.8 Å². The Morgan fingerprint density at radius 1 is 1.38 bits per heavy atom. The van der Waals surface area contributed by atoms with Crippen LogP contribution in [0.4, 0.5) is 11.4 Å². The summed E-state index contributed by atoms with van der Waals surface area (Å²) in [4.78, 5) is 22.1. The van der Waals surface area contributed by atoms with E-state index in [1.807, 2.05) is 6.07 Å². The third-order valence-corrected chi connectivity index (χ3v) is 3.23. The summed E-state index contributed by atoms with van der Waals surface area (Å²) in [6, 6.07) is 4.88. The van der Waals surface area contributed by atoms with Crippen molar-refractivity contribution in [2.24, 2.45) is 5.92 Å². The van der Waals surface area contributed by atoms with Crippen LogP contribution < -0.4 is 5.32 Å². The molecular formula is C11H10N2O3. The van der Waals surface area contributed by atoms with E-state index in [1.165, 1.54) is 6.07 Å². The molecule has 1 atom stereocenters. The number of fused-ring (bicyclic) bond motifs is 1. The average Bonchev–Trinajstić information content (AvgIpc) is 3.00. The first-order valence-electron chi connectivity index (χ1n) is 5.26. The number of hydrogen-bond acceptors (Lipinski definition) is 3. The van der Waals surface area contributed by atoms with Crippen molar-refractivity contribution in [3.8, 4) is 0 Å². The molecule has 1 aliphatic heterocycles. The molecule has 1 aromatic carbocycles. The van der Waals surface area contributed by atoms with Crippen molar-refractivity contribution in [3.63, 3.8) is 0 Å². The molecule has 16 heavy (non-hydrogen) atoms. The molecule has 1 aromatic rings. The summed E-state index contributed by atoms with van der Waals surface area (Å²) in [6.45, 7) is 0. The third kappa shape index (κ3) is 1.21. The van der Waals surface area contributed by atoms with E-state index in [0.717, 1.165) is 18.4 Å². The van der Waals surface area contributed by atoms with Crippen molar-refractivity contribution in [1.82, 2.24) is 0 Å². The van der Waals surface area contributed by atoms with Gasteiger partial charge in [-0.3, -0.25) is 14.9 Å². The van der Waals surface area contributed by atoms with Gasteiger partial charge in [-0.25, -0.2) is 0 Å². The van der Waals surface area contributed by atoms with Crippen LogP contribution in [0, 0.1) is 16.0 Å². The predicted octanol–water partition coefficient (Wildman–Crippen LogP) is 2.04. The zero-order valence-electron chi connectivity index (χ0n) is 8.47. The first kappa shape index (κ1) is 9.33. The Morgan fingerprint density at radius 3 is 2.75 bits per heavy atom. The van der Waals surface area contributed by atoms with Crippen LogP contribution in [0.2, 0.25) is 0 Å². The Kier molecular flexibility index (Phi) is 1.77. The molecule has 3 rings (SSSR count). The molecule has 1 unspecified atom stereocenters. The standard InChI is InChI=1S/C11H10N2O3/c14-11-9(6-4-5-6)7-2-1-3-8(13(15)16)10(7)12-11/h1-3,6,9H,4-5H2,(H,12,14). The first-order chi connectivity index (χ1) is 7.68. The fourth-order valence-corrected chi connectivity index (χ4v) is 2.34. The Morgan fingerprint density at radius 2 is 2.12 bits per heavy atom. The number of carbonyl (C=O) groups excluding carboxylic acids is 1. The van der Waals surface area contributed by atoms with Gasteiger partial charge in [-0.15, -0.1) is 0 Å². The molecular weight excluding hydrogens is 208 g/mol. The maximum Gasteiger partial charge on any atom is 0.293 e. The lowest BCUT2D eigenvalue weighted by Crippen LogP contribution is -2.13. The van der Waals surface area contributed by atoms with E-state index in [1.54, 1.807) is 6.07 Å². The van der Waals surface area contributed by atoms with E-state index in [9.17, 15) is 14.9 Å². The largest absolute Gasteiger partial charge is 0.320 e. The molecule has 1 heterocycles. The molecule has 0 saturated heterocycles. The molecule has 1 saturated carbocycles. The second-order valence-corrected chi connectivity index (χ2v) is 4.30. The van der Waals surface area contributed by atoms with Gasteiger partial charge >= 0.3 is 0 Å². The lowest BCUT2D eigenvalue weighted by Gasteiger charge is -2.05. The fourth-order valence-electron chi connectivity index (χ4n) is 2.34. The Bertz CT molecular complexity index is 494. The number of amides is 1. The van der Waals surface area contributed by atoms with Gasteiger partial charge in [0.2, 0.25) is 5.91 Å². The van der Waals surface area contributed by atoms with Gasteiger partial charge in [0.15, 0.2) is 0 Å². The highest BCUT2D eigenvalue weighted by Crippen LogP contribution is 2.50. The molecule has 1 fully saturated rings. The highest BCUT2D eigenvalue weighted by Gasteiger charge is 2.44. The van der Waals surface area contributed by atoms with Gasteiger partial charge in [0, 0.05) is 6.07 Å². The summed E-state index contributed by atoms with van der Waals surface area (Å²) in [5.74, 6) is 0.116. The number of para-hydroxylation sites is 1. The smallest absolute Gasteiger partial charge is 0.293 e. The van der Waals surface area contributed by atoms with Crippen molar-refractivity contribution in [2.75, 3.05) is 5.32 Å². The Labute approximate surface area is 91.6 Å².